The zero-order valence-corrected chi connectivity index (χ0v) is 14.5. The lowest BCUT2D eigenvalue weighted by Crippen LogP contribution is -2.46. The van der Waals surface area contributed by atoms with E-state index < -0.39 is 0 Å². The van der Waals surface area contributed by atoms with E-state index in [1.165, 1.54) is 6.07 Å². The standard InChI is InChI=1S/C18H21FN6/c1-12-10-16(14-4-3-5-15(19)18(14)20-12)25-8-6-24(7-9-25)11-17-21-13(2)22-23-17/h3-5,10H,6-9,11H2,1-2H3,(H,21,22,23). The predicted molar refractivity (Wildman–Crippen MR) is 95.0 cm³/mol. The highest BCUT2D eigenvalue weighted by Crippen LogP contribution is 2.29. The second-order valence-electron chi connectivity index (χ2n) is 6.52. The summed E-state index contributed by atoms with van der Waals surface area (Å²) < 4.78 is 14.1. The molecule has 25 heavy (non-hydrogen) atoms. The second kappa shape index (κ2) is 6.40. The number of aromatic nitrogens is 4. The number of halogens is 1. The van der Waals surface area contributed by atoms with Gasteiger partial charge in [0.2, 0.25) is 0 Å². The third-order valence-corrected chi connectivity index (χ3v) is 4.62. The van der Waals surface area contributed by atoms with Crippen LogP contribution in [0.2, 0.25) is 0 Å². The number of piperazine rings is 1. The van der Waals surface area contributed by atoms with E-state index in [1.807, 2.05) is 19.9 Å². The van der Waals surface area contributed by atoms with Gasteiger partial charge in [-0.05, 0) is 26.0 Å². The Morgan fingerprint density at radius 2 is 1.92 bits per heavy atom. The highest BCUT2D eigenvalue weighted by Gasteiger charge is 2.21. The van der Waals surface area contributed by atoms with Crippen molar-refractivity contribution in [2.45, 2.75) is 20.4 Å². The van der Waals surface area contributed by atoms with E-state index >= 15 is 0 Å². The molecule has 0 saturated carbocycles. The van der Waals surface area contributed by atoms with Crippen LogP contribution in [0.4, 0.5) is 10.1 Å². The maximum absolute atomic E-state index is 14.1. The van der Waals surface area contributed by atoms with Crippen molar-refractivity contribution in [1.82, 2.24) is 25.1 Å². The van der Waals surface area contributed by atoms with Crippen molar-refractivity contribution >= 4 is 16.6 Å². The lowest BCUT2D eigenvalue weighted by Gasteiger charge is -2.36. The third kappa shape index (κ3) is 3.19. The fourth-order valence-electron chi connectivity index (χ4n) is 3.39. The molecule has 6 nitrogen and oxygen atoms in total. The number of rotatable bonds is 3. The van der Waals surface area contributed by atoms with Gasteiger partial charge in [-0.15, -0.1) is 0 Å². The number of benzene rings is 1. The minimum absolute atomic E-state index is 0.263. The first kappa shape index (κ1) is 16.0. The summed E-state index contributed by atoms with van der Waals surface area (Å²) in [5, 5.41) is 7.97. The molecular weight excluding hydrogens is 319 g/mol. The van der Waals surface area contributed by atoms with Crippen LogP contribution in [0.1, 0.15) is 17.3 Å². The number of aromatic amines is 1. The van der Waals surface area contributed by atoms with Crippen LogP contribution in [-0.2, 0) is 6.54 Å². The van der Waals surface area contributed by atoms with Crippen molar-refractivity contribution in [2.75, 3.05) is 31.1 Å². The first-order valence-corrected chi connectivity index (χ1v) is 8.51. The van der Waals surface area contributed by atoms with Crippen LogP contribution in [0.25, 0.3) is 10.9 Å². The molecule has 7 heteroatoms. The van der Waals surface area contributed by atoms with Gasteiger partial charge >= 0.3 is 0 Å². The molecule has 1 saturated heterocycles. The van der Waals surface area contributed by atoms with Gasteiger partial charge in [0.1, 0.15) is 17.2 Å². The molecule has 1 fully saturated rings. The van der Waals surface area contributed by atoms with E-state index in [2.05, 4.69) is 36.0 Å². The Morgan fingerprint density at radius 3 is 2.64 bits per heavy atom. The number of fused-ring (bicyclic) bond motifs is 1. The molecule has 0 bridgehead atoms. The molecule has 1 N–H and O–H groups in total. The Kier molecular flexibility index (Phi) is 4.09. The van der Waals surface area contributed by atoms with Gasteiger partial charge in [0, 0.05) is 42.9 Å². The number of hydrogen-bond donors (Lipinski definition) is 1. The first-order chi connectivity index (χ1) is 12.1. The minimum Gasteiger partial charge on any atom is -0.368 e. The van der Waals surface area contributed by atoms with Crippen LogP contribution in [0, 0.1) is 19.7 Å². The van der Waals surface area contributed by atoms with E-state index in [1.54, 1.807) is 6.07 Å². The number of para-hydroxylation sites is 1. The summed E-state index contributed by atoms with van der Waals surface area (Å²) in [6.07, 6.45) is 0. The Bertz CT molecular complexity index is 898. The molecule has 0 radical (unpaired) electrons. The molecule has 1 aliphatic rings. The van der Waals surface area contributed by atoms with Crippen molar-refractivity contribution < 1.29 is 4.39 Å². The normalized spacial score (nSPS) is 15.9. The first-order valence-electron chi connectivity index (χ1n) is 8.51. The van der Waals surface area contributed by atoms with Gasteiger partial charge in [-0.25, -0.2) is 14.4 Å². The number of pyridine rings is 1. The van der Waals surface area contributed by atoms with Gasteiger partial charge in [-0.2, -0.15) is 5.10 Å². The van der Waals surface area contributed by atoms with Crippen molar-refractivity contribution in [3.05, 3.63) is 47.4 Å². The van der Waals surface area contributed by atoms with Crippen LogP contribution >= 0.6 is 0 Å². The van der Waals surface area contributed by atoms with Crippen molar-refractivity contribution in [3.63, 3.8) is 0 Å². The quantitative estimate of drug-likeness (QED) is 0.793. The van der Waals surface area contributed by atoms with Gasteiger partial charge < -0.3 is 4.90 Å². The molecule has 0 spiro atoms. The molecule has 4 rings (SSSR count). The summed E-state index contributed by atoms with van der Waals surface area (Å²) in [6, 6.07) is 7.22. The lowest BCUT2D eigenvalue weighted by molar-refractivity contribution is 0.244. The van der Waals surface area contributed by atoms with Crippen molar-refractivity contribution in [2.24, 2.45) is 0 Å². The van der Waals surface area contributed by atoms with Crippen molar-refractivity contribution in [1.29, 1.82) is 0 Å². The summed E-state index contributed by atoms with van der Waals surface area (Å²) in [6.45, 7) is 8.19. The molecule has 0 unspecified atom stereocenters. The van der Waals surface area contributed by atoms with Gasteiger partial charge in [-0.3, -0.25) is 10.00 Å². The van der Waals surface area contributed by atoms with Crippen LogP contribution in [-0.4, -0.2) is 51.2 Å². The molecule has 2 aromatic heterocycles. The fourth-order valence-corrected chi connectivity index (χ4v) is 3.39. The van der Waals surface area contributed by atoms with Crippen LogP contribution < -0.4 is 4.90 Å². The smallest absolute Gasteiger partial charge is 0.164 e. The van der Waals surface area contributed by atoms with Gasteiger partial charge in [0.25, 0.3) is 0 Å². The molecule has 3 aromatic rings. The predicted octanol–water partition coefficient (Wildman–Crippen LogP) is 2.43. The largest absolute Gasteiger partial charge is 0.368 e. The maximum atomic E-state index is 14.1. The summed E-state index contributed by atoms with van der Waals surface area (Å²) >= 11 is 0. The van der Waals surface area contributed by atoms with E-state index in [9.17, 15) is 4.39 Å². The van der Waals surface area contributed by atoms with Gasteiger partial charge in [-0.1, -0.05) is 12.1 Å². The zero-order chi connectivity index (χ0) is 17.4. The molecule has 1 aliphatic heterocycles. The minimum atomic E-state index is -0.263. The number of hydrogen-bond acceptors (Lipinski definition) is 5. The summed E-state index contributed by atoms with van der Waals surface area (Å²) in [4.78, 5) is 13.4. The number of anilines is 1. The van der Waals surface area contributed by atoms with Crippen LogP contribution in [0.3, 0.4) is 0 Å². The van der Waals surface area contributed by atoms with E-state index in [4.69, 9.17) is 0 Å². The Morgan fingerprint density at radius 1 is 1.12 bits per heavy atom. The number of H-pyrrole nitrogens is 1. The van der Waals surface area contributed by atoms with Gasteiger partial charge in [0.15, 0.2) is 5.82 Å². The second-order valence-corrected chi connectivity index (χ2v) is 6.52. The third-order valence-electron chi connectivity index (χ3n) is 4.62. The number of nitrogens with one attached hydrogen (secondary N) is 1. The summed E-state index contributed by atoms with van der Waals surface area (Å²) in [5.41, 5.74) is 2.36. The zero-order valence-electron chi connectivity index (χ0n) is 14.5. The van der Waals surface area contributed by atoms with E-state index in [-0.39, 0.29) is 5.82 Å². The molecule has 3 heterocycles. The topological polar surface area (TPSA) is 60.9 Å². The highest BCUT2D eigenvalue weighted by atomic mass is 19.1. The molecule has 130 valence electrons. The fraction of sp³-hybridized carbons (Fsp3) is 0.389. The molecule has 0 amide bonds. The highest BCUT2D eigenvalue weighted by molar-refractivity contribution is 5.92. The van der Waals surface area contributed by atoms with Crippen LogP contribution in [0.15, 0.2) is 24.3 Å². The molecular formula is C18H21FN6. The molecule has 0 atom stereocenters. The van der Waals surface area contributed by atoms with Crippen molar-refractivity contribution in [3.8, 4) is 0 Å². The average Bonchev–Trinajstić information content (AvgIpc) is 3.01. The summed E-state index contributed by atoms with van der Waals surface area (Å²) in [7, 11) is 0. The van der Waals surface area contributed by atoms with E-state index in [0.29, 0.717) is 5.52 Å². The van der Waals surface area contributed by atoms with Crippen LogP contribution in [0.5, 0.6) is 0 Å². The van der Waals surface area contributed by atoms with E-state index in [0.717, 1.165) is 61.1 Å². The Labute approximate surface area is 145 Å². The summed E-state index contributed by atoms with van der Waals surface area (Å²) in [5.74, 6) is 1.41. The molecule has 0 aliphatic carbocycles. The maximum Gasteiger partial charge on any atom is 0.164 e. The monoisotopic (exact) mass is 340 g/mol. The lowest BCUT2D eigenvalue weighted by atomic mass is 10.1. The van der Waals surface area contributed by atoms with Gasteiger partial charge in [0.05, 0.1) is 6.54 Å². The number of aryl methyl sites for hydroxylation is 2. The number of nitrogens with zero attached hydrogens (tertiary/aromatic N) is 5. The SMILES string of the molecule is Cc1cc(N2CCN(Cc3n[nH]c(C)n3)CC2)c2cccc(F)c2n1. The Hall–Kier alpha value is -2.54. The molecule has 1 aromatic carbocycles. The average molecular weight is 340 g/mol. The Balaban J connectivity index is 1.53.